The highest BCUT2D eigenvalue weighted by Gasteiger charge is 2.27. The van der Waals surface area contributed by atoms with Crippen LogP contribution in [0.4, 0.5) is 11.4 Å². The van der Waals surface area contributed by atoms with Gasteiger partial charge < -0.3 is 21.1 Å². The summed E-state index contributed by atoms with van der Waals surface area (Å²) in [4.78, 5) is 23.3. The van der Waals surface area contributed by atoms with Crippen molar-refractivity contribution in [3.63, 3.8) is 0 Å². The summed E-state index contributed by atoms with van der Waals surface area (Å²) in [5, 5.41) is 17.9. The van der Waals surface area contributed by atoms with Crippen LogP contribution in [-0.4, -0.2) is 35.6 Å². The monoisotopic (exact) mass is 277 g/mol. The van der Waals surface area contributed by atoms with Gasteiger partial charge in [-0.15, -0.1) is 0 Å². The van der Waals surface area contributed by atoms with Crippen LogP contribution in [0.25, 0.3) is 0 Å². The third kappa shape index (κ3) is 3.79. The summed E-state index contributed by atoms with van der Waals surface area (Å²) in [6.45, 7) is 2.21. The molecule has 0 bridgehead atoms. The first-order valence-electron chi connectivity index (χ1n) is 6.70. The van der Waals surface area contributed by atoms with Crippen LogP contribution in [0, 0.1) is 0 Å². The zero-order valence-corrected chi connectivity index (χ0v) is 11.3. The number of aliphatic hydroxyl groups is 1. The first-order valence-corrected chi connectivity index (χ1v) is 6.70. The molecule has 20 heavy (non-hydrogen) atoms. The van der Waals surface area contributed by atoms with E-state index in [9.17, 15) is 14.7 Å². The number of β-amino-alcohol motifs (C(OH)–C–C–N with tert-alkyl or cyclic N) is 1. The fourth-order valence-electron chi connectivity index (χ4n) is 2.07. The van der Waals surface area contributed by atoms with Crippen molar-refractivity contribution in [1.82, 2.24) is 5.32 Å². The smallest absolute Gasteiger partial charge is 0.241 e. The molecule has 6 heteroatoms. The molecule has 6 nitrogen and oxygen atoms in total. The molecule has 1 aliphatic heterocycles. The van der Waals surface area contributed by atoms with E-state index in [-0.39, 0.29) is 17.9 Å². The lowest BCUT2D eigenvalue weighted by atomic mass is 10.2. The van der Waals surface area contributed by atoms with Crippen molar-refractivity contribution < 1.29 is 14.7 Å². The maximum Gasteiger partial charge on any atom is 0.241 e. The largest absolute Gasteiger partial charge is 0.392 e. The van der Waals surface area contributed by atoms with Crippen molar-refractivity contribution >= 4 is 23.2 Å². The molecule has 1 aromatic rings. The normalized spacial score (nSPS) is 21.5. The summed E-state index contributed by atoms with van der Waals surface area (Å²) in [6.07, 6.45) is 0.347. The molecule has 108 valence electrons. The van der Waals surface area contributed by atoms with Gasteiger partial charge in [0.2, 0.25) is 11.8 Å². The van der Waals surface area contributed by atoms with Crippen LogP contribution in [-0.2, 0) is 9.59 Å². The van der Waals surface area contributed by atoms with Crippen molar-refractivity contribution in [2.75, 3.05) is 17.2 Å². The maximum atomic E-state index is 12.0. The lowest BCUT2D eigenvalue weighted by molar-refractivity contribution is -0.118. The zero-order valence-electron chi connectivity index (χ0n) is 11.3. The van der Waals surface area contributed by atoms with Gasteiger partial charge in [-0.3, -0.25) is 9.59 Å². The number of hydrogen-bond acceptors (Lipinski definition) is 4. The minimum atomic E-state index is -0.471. The fraction of sp³-hybridized carbons (Fsp3) is 0.429. The number of amides is 2. The minimum Gasteiger partial charge on any atom is -0.392 e. The first kappa shape index (κ1) is 14.5. The van der Waals surface area contributed by atoms with Gasteiger partial charge in [-0.1, -0.05) is 13.0 Å². The van der Waals surface area contributed by atoms with E-state index in [1.54, 1.807) is 31.2 Å². The Hall–Kier alpha value is -1.92. The number of carbonyl (C=O) groups excluding carboxylic acids is 2. The third-order valence-corrected chi connectivity index (χ3v) is 3.16. The lowest BCUT2D eigenvalue weighted by Gasteiger charge is -2.12. The van der Waals surface area contributed by atoms with Crippen LogP contribution in [0.2, 0.25) is 0 Å². The van der Waals surface area contributed by atoms with E-state index in [1.807, 2.05) is 0 Å². The number of benzene rings is 1. The van der Waals surface area contributed by atoms with Crippen LogP contribution in [0.1, 0.15) is 19.8 Å². The third-order valence-electron chi connectivity index (χ3n) is 3.16. The minimum absolute atomic E-state index is 0.0749. The Morgan fingerprint density at radius 3 is 2.65 bits per heavy atom. The summed E-state index contributed by atoms with van der Waals surface area (Å²) in [6, 6.07) is 6.61. The molecule has 2 unspecified atom stereocenters. The number of nitrogens with one attached hydrogen (secondary N) is 3. The predicted octanol–water partition coefficient (Wildman–Crippen LogP) is 0.696. The van der Waals surface area contributed by atoms with Gasteiger partial charge in [0, 0.05) is 24.3 Å². The van der Waals surface area contributed by atoms with E-state index in [0.717, 1.165) is 0 Å². The molecular formula is C14H19N3O3. The number of aliphatic hydroxyl groups excluding tert-OH is 1. The van der Waals surface area contributed by atoms with Crippen LogP contribution in [0.3, 0.4) is 0 Å². The quantitative estimate of drug-likeness (QED) is 0.652. The van der Waals surface area contributed by atoms with Crippen LogP contribution >= 0.6 is 0 Å². The van der Waals surface area contributed by atoms with E-state index in [4.69, 9.17) is 0 Å². The van der Waals surface area contributed by atoms with E-state index in [0.29, 0.717) is 30.8 Å². The second-order valence-electron chi connectivity index (χ2n) is 4.82. The fourth-order valence-corrected chi connectivity index (χ4v) is 2.07. The van der Waals surface area contributed by atoms with Crippen molar-refractivity contribution in [1.29, 1.82) is 0 Å². The highest BCUT2D eigenvalue weighted by molar-refractivity contribution is 5.96. The molecule has 0 saturated carbocycles. The predicted molar refractivity (Wildman–Crippen MR) is 76.4 cm³/mol. The van der Waals surface area contributed by atoms with Crippen LogP contribution < -0.4 is 16.0 Å². The van der Waals surface area contributed by atoms with Gasteiger partial charge in [-0.05, 0) is 24.6 Å². The van der Waals surface area contributed by atoms with Crippen molar-refractivity contribution in [3.8, 4) is 0 Å². The first-order chi connectivity index (χ1) is 9.58. The Morgan fingerprint density at radius 1 is 1.35 bits per heavy atom. The van der Waals surface area contributed by atoms with Gasteiger partial charge in [0.25, 0.3) is 0 Å². The van der Waals surface area contributed by atoms with Gasteiger partial charge in [0.15, 0.2) is 0 Å². The van der Waals surface area contributed by atoms with Crippen LogP contribution in [0.15, 0.2) is 24.3 Å². The Morgan fingerprint density at radius 2 is 2.05 bits per heavy atom. The zero-order chi connectivity index (χ0) is 14.5. The molecule has 0 aromatic heterocycles. The molecule has 0 spiro atoms. The number of carbonyl (C=O) groups is 2. The Bertz CT molecular complexity index is 504. The summed E-state index contributed by atoms with van der Waals surface area (Å²) >= 11 is 0. The summed E-state index contributed by atoms with van der Waals surface area (Å²) in [5.41, 5.74) is 1.26. The highest BCUT2D eigenvalue weighted by Crippen LogP contribution is 2.16. The summed E-state index contributed by atoms with van der Waals surface area (Å²) in [5.74, 6) is -0.255. The molecule has 2 atom stereocenters. The van der Waals surface area contributed by atoms with Gasteiger partial charge in [-0.2, -0.15) is 0 Å². The Labute approximate surface area is 117 Å². The number of rotatable bonds is 4. The van der Waals surface area contributed by atoms with Gasteiger partial charge in [-0.25, -0.2) is 0 Å². The summed E-state index contributed by atoms with van der Waals surface area (Å²) < 4.78 is 0. The summed E-state index contributed by atoms with van der Waals surface area (Å²) in [7, 11) is 0. The maximum absolute atomic E-state index is 12.0. The molecule has 1 heterocycles. The average molecular weight is 277 g/mol. The standard InChI is InChI=1S/C14H19N3O3/c1-2-13(19)16-9-4-3-5-10(6-9)17-14(20)12-7-11(18)8-15-12/h3-6,11-12,15,18H,2,7-8H2,1H3,(H,16,19)(H,17,20). The molecule has 0 radical (unpaired) electrons. The van der Waals surface area contributed by atoms with Gasteiger partial charge in [0.1, 0.15) is 0 Å². The van der Waals surface area contributed by atoms with Gasteiger partial charge >= 0.3 is 0 Å². The SMILES string of the molecule is CCC(=O)Nc1cccc(NC(=O)C2CC(O)CN2)c1. The van der Waals surface area contributed by atoms with E-state index in [2.05, 4.69) is 16.0 Å². The Balaban J connectivity index is 1.97. The molecule has 1 saturated heterocycles. The molecule has 0 aliphatic carbocycles. The average Bonchev–Trinajstić information content (AvgIpc) is 2.86. The van der Waals surface area contributed by atoms with Crippen molar-refractivity contribution in [2.45, 2.75) is 31.9 Å². The molecule has 1 aliphatic rings. The van der Waals surface area contributed by atoms with E-state index in [1.165, 1.54) is 0 Å². The molecular weight excluding hydrogens is 258 g/mol. The molecule has 2 rings (SSSR count). The second kappa shape index (κ2) is 6.49. The van der Waals surface area contributed by atoms with Crippen molar-refractivity contribution in [3.05, 3.63) is 24.3 Å². The highest BCUT2D eigenvalue weighted by atomic mass is 16.3. The van der Waals surface area contributed by atoms with Crippen LogP contribution in [0.5, 0.6) is 0 Å². The topological polar surface area (TPSA) is 90.5 Å². The molecule has 4 N–H and O–H groups in total. The molecule has 1 aromatic carbocycles. The van der Waals surface area contributed by atoms with E-state index >= 15 is 0 Å². The lowest BCUT2D eigenvalue weighted by Crippen LogP contribution is -2.35. The second-order valence-corrected chi connectivity index (χ2v) is 4.82. The molecule has 1 fully saturated rings. The number of hydrogen-bond donors (Lipinski definition) is 4. The van der Waals surface area contributed by atoms with E-state index < -0.39 is 6.10 Å². The number of anilines is 2. The Kier molecular flexibility index (Phi) is 4.70. The molecule has 2 amide bonds. The van der Waals surface area contributed by atoms with Crippen molar-refractivity contribution in [2.24, 2.45) is 0 Å². The van der Waals surface area contributed by atoms with Gasteiger partial charge in [0.05, 0.1) is 12.1 Å².